The molecule has 0 aliphatic carbocycles. The van der Waals surface area contributed by atoms with Crippen molar-refractivity contribution >= 4 is 39.3 Å². The summed E-state index contributed by atoms with van der Waals surface area (Å²) in [5.41, 5.74) is 2.10. The van der Waals surface area contributed by atoms with Gasteiger partial charge in [0.25, 0.3) is 0 Å². The third kappa shape index (κ3) is 9.21. The summed E-state index contributed by atoms with van der Waals surface area (Å²) in [5, 5.41) is 26.8. The Balaban J connectivity index is 1.39. The predicted molar refractivity (Wildman–Crippen MR) is 202 cm³/mol. The lowest BCUT2D eigenvalue weighted by molar-refractivity contribution is -0.130. The van der Waals surface area contributed by atoms with E-state index in [-0.39, 0.29) is 42.9 Å². The number of amides is 3. The zero-order chi connectivity index (χ0) is 38.5. The first-order valence-corrected chi connectivity index (χ1v) is 19.2. The summed E-state index contributed by atoms with van der Waals surface area (Å²) >= 11 is 0. The van der Waals surface area contributed by atoms with Crippen molar-refractivity contribution in [2.24, 2.45) is 23.5 Å². The molecule has 53 heavy (non-hydrogen) atoms. The molecule has 1 unspecified atom stereocenters. The monoisotopic (exact) mass is 746 g/mol. The van der Waals surface area contributed by atoms with Crippen molar-refractivity contribution in [2.45, 2.75) is 70.7 Å². The van der Waals surface area contributed by atoms with Gasteiger partial charge in [-0.3, -0.25) is 4.79 Å². The molecule has 1 saturated heterocycles. The Bertz CT molecular complexity index is 2010. The van der Waals surface area contributed by atoms with Crippen molar-refractivity contribution in [3.05, 3.63) is 89.9 Å². The number of oxime groups is 1. The Morgan fingerprint density at radius 1 is 1.04 bits per heavy atom. The van der Waals surface area contributed by atoms with Crippen LogP contribution in [0, 0.1) is 11.3 Å². The minimum atomic E-state index is -4.08. The van der Waals surface area contributed by atoms with Crippen LogP contribution >= 0.6 is 0 Å². The minimum Gasteiger partial charge on any atom is -0.411 e. The number of aryl methyl sites for hydroxylation is 1. The fourth-order valence-corrected chi connectivity index (χ4v) is 8.36. The van der Waals surface area contributed by atoms with Crippen LogP contribution in [0.2, 0.25) is 0 Å². The number of fused-ring (bicyclic) bond motifs is 1. The van der Waals surface area contributed by atoms with E-state index in [0.29, 0.717) is 30.1 Å². The molecule has 3 heterocycles. The number of sulfonamides is 1. The topological polar surface area (TPSA) is 174 Å². The van der Waals surface area contributed by atoms with Gasteiger partial charge in [-0.25, -0.2) is 23.2 Å². The molecular weight excluding hydrogens is 697 g/mol. The number of carbonyl (C=O) groups is 2. The van der Waals surface area contributed by atoms with Crippen LogP contribution in [0.3, 0.4) is 0 Å². The normalized spacial score (nSPS) is 15.9. The van der Waals surface area contributed by atoms with Crippen molar-refractivity contribution in [3.63, 3.8) is 0 Å². The van der Waals surface area contributed by atoms with E-state index in [2.05, 4.69) is 20.4 Å². The first kappa shape index (κ1) is 39.3. The maximum Gasteiger partial charge on any atom is 0.321 e. The van der Waals surface area contributed by atoms with E-state index in [4.69, 9.17) is 5.21 Å². The molecule has 5 rings (SSSR count). The summed E-state index contributed by atoms with van der Waals surface area (Å²) in [6.45, 7) is 10.2. The van der Waals surface area contributed by atoms with Gasteiger partial charge < -0.3 is 30.0 Å². The molecule has 3 amide bonds. The van der Waals surface area contributed by atoms with Gasteiger partial charge in [-0.15, -0.1) is 0 Å². The van der Waals surface area contributed by atoms with Crippen LogP contribution in [-0.2, 0) is 34.8 Å². The average Bonchev–Trinajstić information content (AvgIpc) is 3.62. The number of benzene rings is 2. The van der Waals surface area contributed by atoms with Crippen molar-refractivity contribution < 1.29 is 28.3 Å². The number of hydrogen-bond acceptors (Lipinski definition) is 9. The molecule has 2 aromatic carbocycles. The van der Waals surface area contributed by atoms with Crippen LogP contribution in [0.25, 0.3) is 11.2 Å². The highest BCUT2D eigenvalue weighted by Gasteiger charge is 2.44. The molecule has 15 heteroatoms. The van der Waals surface area contributed by atoms with E-state index in [9.17, 15) is 23.1 Å². The van der Waals surface area contributed by atoms with Gasteiger partial charge in [-0.05, 0) is 53.1 Å². The second kappa shape index (κ2) is 16.4. The second-order valence-electron chi connectivity index (χ2n) is 15.0. The summed E-state index contributed by atoms with van der Waals surface area (Å²) in [5.74, 6) is 0.154. The van der Waals surface area contributed by atoms with E-state index in [1.54, 1.807) is 16.0 Å². The van der Waals surface area contributed by atoms with Crippen LogP contribution in [0.1, 0.15) is 51.6 Å². The Morgan fingerprint density at radius 3 is 2.36 bits per heavy atom. The van der Waals surface area contributed by atoms with Gasteiger partial charge >= 0.3 is 6.03 Å². The van der Waals surface area contributed by atoms with E-state index < -0.39 is 39.5 Å². The maximum absolute atomic E-state index is 14.4. The standard InChI is InChI=1S/C38H50N8O6S/c1-26(2)23-45(53(51,52)29-16-14-28(15-17-29)22-40-50)24-32(47)31(21-27-11-8-7-9-12-27)42-36(48)34(38(3,4)5)46-20-19-44(37(46)49)25-33-41-30-13-10-18-39-35(30)43(33)6/h7-18,22,26,31-32,34,47,50H,19-21,23-25H2,1-6H3,(H,42,48)/b40-22+/t31-,32+,34?/m0/s1. The second-order valence-corrected chi connectivity index (χ2v) is 16.9. The van der Waals surface area contributed by atoms with Crippen molar-refractivity contribution in [2.75, 3.05) is 26.2 Å². The molecule has 0 saturated carbocycles. The number of nitrogens with one attached hydrogen (secondary N) is 1. The molecule has 0 bridgehead atoms. The van der Waals surface area contributed by atoms with E-state index in [1.807, 2.05) is 88.7 Å². The number of hydrogen-bond donors (Lipinski definition) is 3. The minimum absolute atomic E-state index is 0.0175. The van der Waals surface area contributed by atoms with Crippen molar-refractivity contribution in [3.8, 4) is 0 Å². The van der Waals surface area contributed by atoms with Crippen LogP contribution in [0.4, 0.5) is 4.79 Å². The zero-order valence-electron chi connectivity index (χ0n) is 31.1. The average molecular weight is 747 g/mol. The number of nitrogens with zero attached hydrogens (tertiary/aromatic N) is 7. The predicted octanol–water partition coefficient (Wildman–Crippen LogP) is 3.86. The molecule has 0 radical (unpaired) electrons. The number of aromatic nitrogens is 3. The van der Waals surface area contributed by atoms with Gasteiger partial charge in [0.1, 0.15) is 17.4 Å². The summed E-state index contributed by atoms with van der Waals surface area (Å²) in [4.78, 5) is 40.7. The molecule has 1 fully saturated rings. The molecule has 1 aliphatic heterocycles. The Labute approximate surface area is 311 Å². The van der Waals surface area contributed by atoms with E-state index in [0.717, 1.165) is 11.1 Å². The summed E-state index contributed by atoms with van der Waals surface area (Å²) < 4.78 is 31.0. The number of aliphatic hydroxyl groups is 1. The smallest absolute Gasteiger partial charge is 0.321 e. The Morgan fingerprint density at radius 2 is 1.74 bits per heavy atom. The quantitative estimate of drug-likeness (QED) is 0.0935. The van der Waals surface area contributed by atoms with Crippen LogP contribution < -0.4 is 5.32 Å². The van der Waals surface area contributed by atoms with Crippen molar-refractivity contribution in [1.29, 1.82) is 0 Å². The van der Waals surface area contributed by atoms with Crippen LogP contribution in [-0.4, -0.2) is 110 Å². The van der Waals surface area contributed by atoms with Crippen LogP contribution in [0.5, 0.6) is 0 Å². The first-order chi connectivity index (χ1) is 25.1. The fourth-order valence-electron chi connectivity index (χ4n) is 6.74. The summed E-state index contributed by atoms with van der Waals surface area (Å²) in [6, 6.07) is 16.8. The number of pyridine rings is 1. The van der Waals surface area contributed by atoms with E-state index in [1.165, 1.54) is 34.8 Å². The maximum atomic E-state index is 14.4. The molecule has 2 aromatic heterocycles. The highest BCUT2D eigenvalue weighted by atomic mass is 32.2. The number of carbonyl (C=O) groups excluding carboxylic acids is 2. The van der Waals surface area contributed by atoms with Gasteiger partial charge in [-0.1, -0.05) is 82.2 Å². The van der Waals surface area contributed by atoms with Crippen LogP contribution in [0.15, 0.2) is 83.0 Å². The van der Waals surface area contributed by atoms with Gasteiger partial charge in [0.2, 0.25) is 15.9 Å². The molecule has 1 aliphatic rings. The van der Waals surface area contributed by atoms with E-state index >= 15 is 0 Å². The number of urea groups is 1. The molecule has 3 atom stereocenters. The highest BCUT2D eigenvalue weighted by molar-refractivity contribution is 7.89. The lowest BCUT2D eigenvalue weighted by atomic mass is 9.84. The SMILES string of the molecule is CC(C)CN(C[C@@H](O)[C@H](Cc1ccccc1)NC(=O)C(N1CCN(Cc2nc3cccnc3n2C)C1=O)C(C)(C)C)S(=O)(=O)c1ccc(/C=N/O)cc1. The molecule has 284 valence electrons. The number of aliphatic hydroxyl groups excluding tert-OH is 1. The third-order valence-corrected chi connectivity index (χ3v) is 11.2. The van der Waals surface area contributed by atoms with Gasteiger partial charge in [0.15, 0.2) is 5.65 Å². The Kier molecular flexibility index (Phi) is 12.2. The summed E-state index contributed by atoms with van der Waals surface area (Å²) in [6.07, 6.45) is 1.80. The molecular formula is C38H50N8O6S. The molecule has 3 N–H and O–H groups in total. The first-order valence-electron chi connectivity index (χ1n) is 17.7. The number of rotatable bonds is 15. The molecule has 14 nitrogen and oxygen atoms in total. The Hall–Kier alpha value is -4.86. The fraction of sp³-hybridized carbons (Fsp3) is 0.447. The number of imidazole rings is 1. The zero-order valence-corrected chi connectivity index (χ0v) is 31.9. The molecule has 4 aromatic rings. The highest BCUT2D eigenvalue weighted by Crippen LogP contribution is 2.29. The van der Waals surface area contributed by atoms with Gasteiger partial charge in [-0.2, -0.15) is 4.31 Å². The third-order valence-electron chi connectivity index (χ3n) is 9.33. The molecule has 0 spiro atoms. The van der Waals surface area contributed by atoms with Gasteiger partial charge in [0.05, 0.1) is 29.8 Å². The van der Waals surface area contributed by atoms with Gasteiger partial charge in [0, 0.05) is 39.4 Å². The van der Waals surface area contributed by atoms with Crippen molar-refractivity contribution in [1.82, 2.24) is 34.0 Å². The lowest BCUT2D eigenvalue weighted by Crippen LogP contribution is -2.59. The largest absolute Gasteiger partial charge is 0.411 e. The summed E-state index contributed by atoms with van der Waals surface area (Å²) in [7, 11) is -2.22. The lowest BCUT2D eigenvalue weighted by Gasteiger charge is -2.38.